The Morgan fingerprint density at radius 2 is 1.59 bits per heavy atom. The standard InChI is InChI=1S/C20H24N4O3/c1-11-6-7-16(25-3)13(8-11)12(2)22-20-23-15-10-18(27-5)17(26-4)9-14(15)19(21)24-20/h6-10,12H,1-5H3,(H3,21,22,23,24). The van der Waals surface area contributed by atoms with Crippen LogP contribution in [-0.2, 0) is 0 Å². The second kappa shape index (κ2) is 7.57. The van der Waals surface area contributed by atoms with Crippen LogP contribution in [0, 0.1) is 6.92 Å². The first-order valence-electron chi connectivity index (χ1n) is 8.57. The van der Waals surface area contributed by atoms with Crippen molar-refractivity contribution in [2.45, 2.75) is 19.9 Å². The summed E-state index contributed by atoms with van der Waals surface area (Å²) in [5.41, 5.74) is 9.00. The molecular formula is C20H24N4O3. The minimum atomic E-state index is -0.0724. The van der Waals surface area contributed by atoms with Crippen LogP contribution in [-0.4, -0.2) is 31.3 Å². The number of nitrogens with two attached hydrogens (primary N) is 1. The first-order chi connectivity index (χ1) is 13.0. The van der Waals surface area contributed by atoms with Crippen molar-refractivity contribution in [3.05, 3.63) is 41.5 Å². The smallest absolute Gasteiger partial charge is 0.225 e. The molecule has 1 unspecified atom stereocenters. The van der Waals surface area contributed by atoms with Crippen LogP contribution in [0.4, 0.5) is 11.8 Å². The van der Waals surface area contributed by atoms with Gasteiger partial charge in [0.1, 0.15) is 11.6 Å². The third-order valence-corrected chi connectivity index (χ3v) is 4.43. The summed E-state index contributed by atoms with van der Waals surface area (Å²) in [6, 6.07) is 9.54. The Balaban J connectivity index is 1.99. The molecule has 0 saturated heterocycles. The summed E-state index contributed by atoms with van der Waals surface area (Å²) < 4.78 is 16.2. The van der Waals surface area contributed by atoms with Crippen LogP contribution < -0.4 is 25.3 Å². The molecule has 0 aliphatic rings. The van der Waals surface area contributed by atoms with E-state index in [9.17, 15) is 0 Å². The number of nitrogen functional groups attached to an aromatic ring is 1. The van der Waals surface area contributed by atoms with E-state index in [0.717, 1.165) is 16.9 Å². The monoisotopic (exact) mass is 368 g/mol. The van der Waals surface area contributed by atoms with Crippen molar-refractivity contribution in [1.82, 2.24) is 9.97 Å². The molecule has 1 aromatic heterocycles. The Morgan fingerprint density at radius 3 is 2.26 bits per heavy atom. The Kier molecular flexibility index (Phi) is 5.21. The van der Waals surface area contributed by atoms with Gasteiger partial charge >= 0.3 is 0 Å². The molecule has 27 heavy (non-hydrogen) atoms. The summed E-state index contributed by atoms with van der Waals surface area (Å²) in [7, 11) is 4.82. The van der Waals surface area contributed by atoms with Crippen LogP contribution in [0.25, 0.3) is 10.9 Å². The van der Waals surface area contributed by atoms with Crippen LogP contribution in [0.5, 0.6) is 17.2 Å². The van der Waals surface area contributed by atoms with Gasteiger partial charge in [-0.25, -0.2) is 4.98 Å². The highest BCUT2D eigenvalue weighted by atomic mass is 16.5. The number of methoxy groups -OCH3 is 3. The van der Waals surface area contributed by atoms with Gasteiger partial charge in [-0.3, -0.25) is 0 Å². The number of aryl methyl sites for hydroxylation is 1. The highest BCUT2D eigenvalue weighted by Gasteiger charge is 2.16. The van der Waals surface area contributed by atoms with Gasteiger partial charge in [0, 0.05) is 17.0 Å². The average Bonchev–Trinajstić information content (AvgIpc) is 2.66. The van der Waals surface area contributed by atoms with Crippen LogP contribution in [0.1, 0.15) is 24.1 Å². The lowest BCUT2D eigenvalue weighted by atomic mass is 10.0. The molecule has 0 spiro atoms. The predicted molar refractivity (Wildman–Crippen MR) is 107 cm³/mol. The number of hydrogen-bond acceptors (Lipinski definition) is 7. The topological polar surface area (TPSA) is 91.5 Å². The van der Waals surface area contributed by atoms with Gasteiger partial charge < -0.3 is 25.3 Å². The molecule has 0 fully saturated rings. The molecule has 2 aromatic carbocycles. The van der Waals surface area contributed by atoms with Gasteiger partial charge in [-0.2, -0.15) is 4.98 Å². The second-order valence-electron chi connectivity index (χ2n) is 6.27. The number of ether oxygens (including phenoxy) is 3. The maximum Gasteiger partial charge on any atom is 0.225 e. The van der Waals surface area contributed by atoms with Crippen molar-refractivity contribution >= 4 is 22.7 Å². The summed E-state index contributed by atoms with van der Waals surface area (Å²) in [5, 5.41) is 4.01. The van der Waals surface area contributed by atoms with Crippen molar-refractivity contribution < 1.29 is 14.2 Å². The summed E-state index contributed by atoms with van der Waals surface area (Å²) in [6.07, 6.45) is 0. The summed E-state index contributed by atoms with van der Waals surface area (Å²) in [5.74, 6) is 2.78. The van der Waals surface area contributed by atoms with Gasteiger partial charge in [-0.1, -0.05) is 17.7 Å². The molecule has 3 rings (SSSR count). The summed E-state index contributed by atoms with van der Waals surface area (Å²) in [4.78, 5) is 8.98. The fourth-order valence-electron chi connectivity index (χ4n) is 3.01. The highest BCUT2D eigenvalue weighted by Crippen LogP contribution is 2.34. The lowest BCUT2D eigenvalue weighted by Gasteiger charge is -2.18. The molecule has 0 amide bonds. The Morgan fingerprint density at radius 1 is 0.926 bits per heavy atom. The number of hydrogen-bond donors (Lipinski definition) is 2. The van der Waals surface area contributed by atoms with E-state index in [4.69, 9.17) is 19.9 Å². The molecule has 0 saturated carbocycles. The predicted octanol–water partition coefficient (Wildman–Crippen LogP) is 3.72. The Hall–Kier alpha value is -3.22. The van der Waals surface area contributed by atoms with Crippen molar-refractivity contribution in [2.75, 3.05) is 32.4 Å². The van der Waals surface area contributed by atoms with E-state index in [-0.39, 0.29) is 6.04 Å². The molecule has 0 bridgehead atoms. The normalized spacial score (nSPS) is 11.9. The van der Waals surface area contributed by atoms with Gasteiger partial charge in [-0.15, -0.1) is 0 Å². The van der Waals surface area contributed by atoms with E-state index < -0.39 is 0 Å². The average molecular weight is 368 g/mol. The second-order valence-corrected chi connectivity index (χ2v) is 6.27. The molecule has 1 atom stereocenters. The van der Waals surface area contributed by atoms with Gasteiger partial charge in [0.15, 0.2) is 11.5 Å². The quantitative estimate of drug-likeness (QED) is 0.685. The largest absolute Gasteiger partial charge is 0.496 e. The van der Waals surface area contributed by atoms with E-state index in [1.807, 2.05) is 26.0 Å². The molecule has 7 nitrogen and oxygen atoms in total. The van der Waals surface area contributed by atoms with Gasteiger partial charge in [-0.05, 0) is 26.0 Å². The number of nitrogens with zero attached hydrogens (tertiary/aromatic N) is 2. The number of benzene rings is 2. The zero-order valence-electron chi connectivity index (χ0n) is 16.2. The van der Waals surface area contributed by atoms with Crippen molar-refractivity contribution in [3.63, 3.8) is 0 Å². The fourth-order valence-corrected chi connectivity index (χ4v) is 3.01. The lowest BCUT2D eigenvalue weighted by Crippen LogP contribution is -2.12. The molecule has 3 aromatic rings. The van der Waals surface area contributed by atoms with E-state index >= 15 is 0 Å². The van der Waals surface area contributed by atoms with Crippen LogP contribution in [0.3, 0.4) is 0 Å². The van der Waals surface area contributed by atoms with Crippen molar-refractivity contribution in [3.8, 4) is 17.2 Å². The zero-order chi connectivity index (χ0) is 19.6. The van der Waals surface area contributed by atoms with Gasteiger partial charge in [0.05, 0.1) is 32.9 Å². The highest BCUT2D eigenvalue weighted by molar-refractivity contribution is 5.91. The number of aromatic nitrogens is 2. The first-order valence-corrected chi connectivity index (χ1v) is 8.57. The van der Waals surface area contributed by atoms with Crippen LogP contribution >= 0.6 is 0 Å². The molecule has 0 radical (unpaired) electrons. The molecule has 0 aliphatic carbocycles. The number of nitrogens with one attached hydrogen (secondary N) is 1. The minimum absolute atomic E-state index is 0.0724. The summed E-state index contributed by atoms with van der Waals surface area (Å²) in [6.45, 7) is 4.06. The molecule has 142 valence electrons. The van der Waals surface area contributed by atoms with Gasteiger partial charge in [0.2, 0.25) is 5.95 Å². The molecule has 3 N–H and O–H groups in total. The number of fused-ring (bicyclic) bond motifs is 1. The number of anilines is 2. The minimum Gasteiger partial charge on any atom is -0.496 e. The number of rotatable bonds is 6. The van der Waals surface area contributed by atoms with E-state index in [0.29, 0.717) is 34.2 Å². The van der Waals surface area contributed by atoms with Crippen LogP contribution in [0.2, 0.25) is 0 Å². The Labute approximate surface area is 158 Å². The third kappa shape index (κ3) is 3.67. The van der Waals surface area contributed by atoms with E-state index in [1.165, 1.54) is 0 Å². The molecular weight excluding hydrogens is 344 g/mol. The maximum absolute atomic E-state index is 6.15. The Bertz CT molecular complexity index is 975. The third-order valence-electron chi connectivity index (χ3n) is 4.43. The van der Waals surface area contributed by atoms with Gasteiger partial charge in [0.25, 0.3) is 0 Å². The molecule has 1 heterocycles. The zero-order valence-corrected chi connectivity index (χ0v) is 16.2. The molecule has 0 aliphatic heterocycles. The SMILES string of the molecule is COc1cc2nc(NC(C)c3cc(C)ccc3OC)nc(N)c2cc1OC. The maximum atomic E-state index is 6.15. The first kappa shape index (κ1) is 18.6. The summed E-state index contributed by atoms with van der Waals surface area (Å²) >= 11 is 0. The van der Waals surface area contributed by atoms with Crippen molar-refractivity contribution in [2.24, 2.45) is 0 Å². The lowest BCUT2D eigenvalue weighted by molar-refractivity contribution is 0.356. The molecule has 7 heteroatoms. The van der Waals surface area contributed by atoms with E-state index in [2.05, 4.69) is 21.4 Å². The van der Waals surface area contributed by atoms with Crippen molar-refractivity contribution in [1.29, 1.82) is 0 Å². The fraction of sp³-hybridized carbons (Fsp3) is 0.300. The van der Waals surface area contributed by atoms with Crippen LogP contribution in [0.15, 0.2) is 30.3 Å². The van der Waals surface area contributed by atoms with E-state index in [1.54, 1.807) is 33.5 Å².